The number of benzene rings is 2. The van der Waals surface area contributed by atoms with Crippen LogP contribution in [0.4, 0.5) is 5.69 Å². The molecule has 36 heavy (non-hydrogen) atoms. The highest BCUT2D eigenvalue weighted by Gasteiger charge is 2.33. The second-order valence-electron chi connectivity index (χ2n) is 8.32. The monoisotopic (exact) mass is 491 g/mol. The van der Waals surface area contributed by atoms with Gasteiger partial charge in [-0.2, -0.15) is 0 Å². The molecular weight excluding hydrogens is 462 g/mol. The molecule has 1 aromatic heterocycles. The zero-order valence-corrected chi connectivity index (χ0v) is 20.0. The minimum absolute atomic E-state index is 0.0527. The molecule has 4 rings (SSSR count). The number of ether oxygens (including phenoxy) is 2. The SMILES string of the molecule is COc1ccc(N(C(=O)CNC(=O)c2ccco2)[C@H](C(=O)NC[C@H]2CCCO2)c2ccccc2)cc1. The van der Waals surface area contributed by atoms with Crippen LogP contribution in [-0.4, -0.2) is 50.6 Å². The Morgan fingerprint density at radius 1 is 1.03 bits per heavy atom. The molecule has 3 aromatic rings. The Hall–Kier alpha value is -4.11. The van der Waals surface area contributed by atoms with E-state index in [1.54, 1.807) is 49.6 Å². The van der Waals surface area contributed by atoms with Crippen molar-refractivity contribution in [2.75, 3.05) is 31.7 Å². The molecule has 1 saturated heterocycles. The Kier molecular flexibility index (Phi) is 8.36. The number of nitrogens with zero attached hydrogens (tertiary/aromatic N) is 1. The number of hydrogen-bond acceptors (Lipinski definition) is 6. The molecule has 0 aliphatic carbocycles. The maximum absolute atomic E-state index is 13.6. The summed E-state index contributed by atoms with van der Waals surface area (Å²) in [7, 11) is 1.55. The van der Waals surface area contributed by atoms with Gasteiger partial charge in [-0.3, -0.25) is 19.3 Å². The lowest BCUT2D eigenvalue weighted by atomic mass is 10.0. The molecule has 188 valence electrons. The van der Waals surface area contributed by atoms with Crippen LogP contribution in [0.1, 0.15) is 35.0 Å². The summed E-state index contributed by atoms with van der Waals surface area (Å²) in [6.45, 7) is 0.685. The van der Waals surface area contributed by atoms with Crippen molar-refractivity contribution in [1.82, 2.24) is 10.6 Å². The van der Waals surface area contributed by atoms with Gasteiger partial charge in [-0.1, -0.05) is 30.3 Å². The molecule has 2 N–H and O–H groups in total. The van der Waals surface area contributed by atoms with Crippen molar-refractivity contribution >= 4 is 23.4 Å². The van der Waals surface area contributed by atoms with Crippen LogP contribution in [0.2, 0.25) is 0 Å². The molecule has 2 aromatic carbocycles. The predicted octanol–water partition coefficient (Wildman–Crippen LogP) is 3.09. The van der Waals surface area contributed by atoms with Crippen LogP contribution in [0.5, 0.6) is 5.75 Å². The quantitative estimate of drug-likeness (QED) is 0.451. The molecule has 9 nitrogen and oxygen atoms in total. The van der Waals surface area contributed by atoms with Crippen molar-refractivity contribution in [3.8, 4) is 5.75 Å². The predicted molar refractivity (Wildman–Crippen MR) is 133 cm³/mol. The van der Waals surface area contributed by atoms with Crippen LogP contribution in [0.15, 0.2) is 77.4 Å². The Morgan fingerprint density at radius 2 is 1.81 bits per heavy atom. The highest BCUT2D eigenvalue weighted by Crippen LogP contribution is 2.29. The molecule has 0 bridgehead atoms. The highest BCUT2D eigenvalue weighted by atomic mass is 16.5. The van der Waals surface area contributed by atoms with Crippen molar-refractivity contribution in [3.63, 3.8) is 0 Å². The Bertz CT molecular complexity index is 1140. The molecule has 0 spiro atoms. The standard InChI is InChI=1S/C27H29N3O6/c1-34-21-13-11-20(12-14-21)30(24(31)18-29-26(32)23-10-6-16-36-23)25(19-7-3-2-4-8-19)27(33)28-17-22-9-5-15-35-22/h2-4,6-8,10-14,16,22,25H,5,9,15,17-18H2,1H3,(H,28,33)(H,29,32)/t22-,25+/m1/s1. The van der Waals surface area contributed by atoms with Crippen LogP contribution in [0.25, 0.3) is 0 Å². The number of hydrogen-bond donors (Lipinski definition) is 2. The molecule has 2 heterocycles. The first-order valence-electron chi connectivity index (χ1n) is 11.8. The minimum atomic E-state index is -0.978. The van der Waals surface area contributed by atoms with Gasteiger partial charge in [-0.05, 0) is 54.8 Å². The fraction of sp³-hybridized carbons (Fsp3) is 0.296. The molecule has 1 fully saturated rings. The molecule has 1 aliphatic rings. The van der Waals surface area contributed by atoms with E-state index in [2.05, 4.69) is 10.6 Å². The van der Waals surface area contributed by atoms with Gasteiger partial charge < -0.3 is 24.5 Å². The first-order chi connectivity index (χ1) is 17.6. The Balaban J connectivity index is 1.63. The third-order valence-electron chi connectivity index (χ3n) is 5.91. The topological polar surface area (TPSA) is 110 Å². The van der Waals surface area contributed by atoms with Crippen molar-refractivity contribution < 1.29 is 28.3 Å². The van der Waals surface area contributed by atoms with E-state index in [1.165, 1.54) is 17.2 Å². The average molecular weight is 492 g/mol. The van der Waals surface area contributed by atoms with Crippen LogP contribution in [-0.2, 0) is 14.3 Å². The molecule has 0 saturated carbocycles. The number of carbonyl (C=O) groups excluding carboxylic acids is 3. The van der Waals surface area contributed by atoms with E-state index < -0.39 is 17.9 Å². The summed E-state index contributed by atoms with van der Waals surface area (Å²) in [6, 6.07) is 18.0. The van der Waals surface area contributed by atoms with Gasteiger partial charge in [0.15, 0.2) is 5.76 Å². The smallest absolute Gasteiger partial charge is 0.287 e. The van der Waals surface area contributed by atoms with E-state index in [0.29, 0.717) is 30.2 Å². The van der Waals surface area contributed by atoms with Gasteiger partial charge in [0.25, 0.3) is 5.91 Å². The van der Waals surface area contributed by atoms with Gasteiger partial charge in [0.2, 0.25) is 11.8 Å². The molecule has 3 amide bonds. The van der Waals surface area contributed by atoms with E-state index in [1.807, 2.05) is 18.2 Å². The summed E-state index contributed by atoms with van der Waals surface area (Å²) in [5, 5.41) is 5.53. The van der Waals surface area contributed by atoms with Crippen molar-refractivity contribution in [1.29, 1.82) is 0 Å². The zero-order valence-electron chi connectivity index (χ0n) is 20.0. The molecule has 2 atom stereocenters. The summed E-state index contributed by atoms with van der Waals surface area (Å²) in [4.78, 5) is 41.0. The third kappa shape index (κ3) is 6.11. The molecule has 0 radical (unpaired) electrons. The van der Waals surface area contributed by atoms with Crippen LogP contribution < -0.4 is 20.3 Å². The van der Waals surface area contributed by atoms with Crippen LogP contribution in [0, 0.1) is 0 Å². The van der Waals surface area contributed by atoms with E-state index in [4.69, 9.17) is 13.9 Å². The fourth-order valence-electron chi connectivity index (χ4n) is 4.09. The number of anilines is 1. The lowest BCUT2D eigenvalue weighted by Gasteiger charge is -2.32. The maximum atomic E-state index is 13.6. The summed E-state index contributed by atoms with van der Waals surface area (Å²) < 4.78 is 16.0. The molecule has 9 heteroatoms. The van der Waals surface area contributed by atoms with Gasteiger partial charge in [0.1, 0.15) is 11.8 Å². The Labute approximate surface area is 209 Å². The summed E-state index contributed by atoms with van der Waals surface area (Å²) in [5.41, 5.74) is 1.11. The van der Waals surface area contributed by atoms with Crippen molar-refractivity contribution in [3.05, 3.63) is 84.3 Å². The number of methoxy groups -OCH3 is 1. The summed E-state index contributed by atoms with van der Waals surface area (Å²) in [6.07, 6.45) is 3.15. The number of amides is 3. The van der Waals surface area contributed by atoms with Gasteiger partial charge >= 0.3 is 0 Å². The van der Waals surface area contributed by atoms with Gasteiger partial charge in [0.05, 0.1) is 26.0 Å². The number of carbonyl (C=O) groups is 3. The largest absolute Gasteiger partial charge is 0.497 e. The van der Waals surface area contributed by atoms with Gasteiger partial charge in [-0.25, -0.2) is 0 Å². The first kappa shape index (κ1) is 25.0. The van der Waals surface area contributed by atoms with E-state index >= 15 is 0 Å². The van der Waals surface area contributed by atoms with Crippen molar-refractivity contribution in [2.45, 2.75) is 25.0 Å². The maximum Gasteiger partial charge on any atom is 0.287 e. The van der Waals surface area contributed by atoms with Crippen molar-refractivity contribution in [2.24, 2.45) is 0 Å². The van der Waals surface area contributed by atoms with Gasteiger partial charge in [-0.15, -0.1) is 0 Å². The number of rotatable bonds is 10. The average Bonchev–Trinajstić information content (AvgIpc) is 3.64. The normalized spacial score (nSPS) is 15.6. The highest BCUT2D eigenvalue weighted by molar-refractivity contribution is 6.04. The molecule has 1 aliphatic heterocycles. The number of furan rings is 1. The first-order valence-corrected chi connectivity index (χ1v) is 11.8. The molecular formula is C27H29N3O6. The number of nitrogens with one attached hydrogen (secondary N) is 2. The van der Waals surface area contributed by atoms with E-state index in [0.717, 1.165) is 12.8 Å². The third-order valence-corrected chi connectivity index (χ3v) is 5.91. The minimum Gasteiger partial charge on any atom is -0.497 e. The van der Waals surface area contributed by atoms with E-state index in [-0.39, 0.29) is 24.3 Å². The van der Waals surface area contributed by atoms with E-state index in [9.17, 15) is 14.4 Å². The Morgan fingerprint density at radius 3 is 2.44 bits per heavy atom. The second-order valence-corrected chi connectivity index (χ2v) is 8.32. The molecule has 0 unspecified atom stereocenters. The lowest BCUT2D eigenvalue weighted by Crippen LogP contribution is -2.48. The summed E-state index contributed by atoms with van der Waals surface area (Å²) >= 11 is 0. The fourth-order valence-corrected chi connectivity index (χ4v) is 4.09. The zero-order chi connectivity index (χ0) is 25.3. The van der Waals surface area contributed by atoms with Crippen LogP contribution in [0.3, 0.4) is 0 Å². The lowest BCUT2D eigenvalue weighted by molar-refractivity contribution is -0.126. The second kappa shape index (κ2) is 12.0. The van der Waals surface area contributed by atoms with Crippen LogP contribution >= 0.6 is 0 Å². The summed E-state index contributed by atoms with van der Waals surface area (Å²) in [5.74, 6) is -0.648. The van der Waals surface area contributed by atoms with Gasteiger partial charge in [0, 0.05) is 18.8 Å².